The van der Waals surface area contributed by atoms with Gasteiger partial charge in [0, 0.05) is 49.7 Å². The largest absolute Gasteiger partial charge is 0.369 e. The molecule has 0 saturated carbocycles. The molecule has 31 heavy (non-hydrogen) atoms. The molecule has 0 bridgehead atoms. The SMILES string of the molecule is CCN1CCN(c2ccc(NC(=O)CCc3c(C)nn(CCC#N)c3C)cc2C)CC1. The summed E-state index contributed by atoms with van der Waals surface area (Å²) < 4.78 is 1.87. The fourth-order valence-corrected chi connectivity index (χ4v) is 4.32. The summed E-state index contributed by atoms with van der Waals surface area (Å²) in [5, 5.41) is 16.3. The second kappa shape index (κ2) is 10.5. The van der Waals surface area contributed by atoms with Crippen molar-refractivity contribution in [2.75, 3.05) is 42.9 Å². The average molecular weight is 423 g/mol. The monoisotopic (exact) mass is 422 g/mol. The highest BCUT2D eigenvalue weighted by Crippen LogP contribution is 2.25. The van der Waals surface area contributed by atoms with E-state index in [0.717, 1.165) is 55.4 Å². The van der Waals surface area contributed by atoms with Crippen molar-refractivity contribution < 1.29 is 4.79 Å². The fourth-order valence-electron chi connectivity index (χ4n) is 4.32. The molecule has 1 saturated heterocycles. The van der Waals surface area contributed by atoms with Gasteiger partial charge in [0.2, 0.25) is 5.91 Å². The number of amides is 1. The van der Waals surface area contributed by atoms with Crippen molar-refractivity contribution in [3.63, 3.8) is 0 Å². The van der Waals surface area contributed by atoms with Crippen LogP contribution in [0.25, 0.3) is 0 Å². The molecule has 0 spiro atoms. The molecule has 2 aromatic rings. The van der Waals surface area contributed by atoms with Crippen LogP contribution in [0.5, 0.6) is 0 Å². The predicted molar refractivity (Wildman–Crippen MR) is 124 cm³/mol. The summed E-state index contributed by atoms with van der Waals surface area (Å²) in [7, 11) is 0. The summed E-state index contributed by atoms with van der Waals surface area (Å²) >= 11 is 0. The van der Waals surface area contributed by atoms with Gasteiger partial charge in [-0.2, -0.15) is 10.4 Å². The quantitative estimate of drug-likeness (QED) is 0.705. The molecular weight excluding hydrogens is 388 g/mol. The molecule has 0 unspecified atom stereocenters. The van der Waals surface area contributed by atoms with E-state index in [4.69, 9.17) is 5.26 Å². The number of nitriles is 1. The van der Waals surface area contributed by atoms with Crippen molar-refractivity contribution in [2.45, 2.75) is 53.5 Å². The first-order valence-corrected chi connectivity index (χ1v) is 11.2. The van der Waals surface area contributed by atoms with Crippen molar-refractivity contribution in [3.8, 4) is 6.07 Å². The Morgan fingerprint density at radius 2 is 1.94 bits per heavy atom. The lowest BCUT2D eigenvalue weighted by atomic mass is 10.1. The molecular formula is C24H34N6O. The number of nitrogens with zero attached hydrogens (tertiary/aromatic N) is 5. The summed E-state index contributed by atoms with van der Waals surface area (Å²) in [5.41, 5.74) is 6.37. The summed E-state index contributed by atoms with van der Waals surface area (Å²) in [6.07, 6.45) is 1.49. The maximum atomic E-state index is 12.6. The molecule has 7 heteroatoms. The van der Waals surface area contributed by atoms with Crippen molar-refractivity contribution in [1.82, 2.24) is 14.7 Å². The molecule has 1 fully saturated rings. The number of rotatable bonds is 8. The van der Waals surface area contributed by atoms with Crippen LogP contribution < -0.4 is 10.2 Å². The second-order valence-corrected chi connectivity index (χ2v) is 8.25. The van der Waals surface area contributed by atoms with Crippen LogP contribution in [0.15, 0.2) is 18.2 Å². The van der Waals surface area contributed by atoms with E-state index in [1.165, 1.54) is 11.3 Å². The van der Waals surface area contributed by atoms with E-state index in [2.05, 4.69) is 52.3 Å². The Hall–Kier alpha value is -2.85. The van der Waals surface area contributed by atoms with E-state index in [9.17, 15) is 4.79 Å². The van der Waals surface area contributed by atoms with E-state index >= 15 is 0 Å². The van der Waals surface area contributed by atoms with Crippen molar-refractivity contribution in [1.29, 1.82) is 5.26 Å². The van der Waals surface area contributed by atoms with E-state index in [0.29, 0.717) is 25.8 Å². The minimum absolute atomic E-state index is 0.00675. The summed E-state index contributed by atoms with van der Waals surface area (Å²) in [6.45, 7) is 14.3. The van der Waals surface area contributed by atoms with Gasteiger partial charge in [-0.15, -0.1) is 0 Å². The number of piperazine rings is 1. The first-order chi connectivity index (χ1) is 14.9. The number of carbonyl (C=O) groups is 1. The number of aromatic nitrogens is 2. The van der Waals surface area contributed by atoms with Gasteiger partial charge < -0.3 is 15.1 Å². The van der Waals surface area contributed by atoms with Crippen LogP contribution in [-0.2, 0) is 17.8 Å². The Labute approximate surface area is 185 Å². The summed E-state index contributed by atoms with van der Waals surface area (Å²) in [5.74, 6) is 0.00675. The fraction of sp³-hybridized carbons (Fsp3) is 0.542. The van der Waals surface area contributed by atoms with Gasteiger partial charge in [0.25, 0.3) is 0 Å². The minimum atomic E-state index is 0.00675. The average Bonchev–Trinajstić information content (AvgIpc) is 3.03. The van der Waals surface area contributed by atoms with Gasteiger partial charge in [0.05, 0.1) is 24.7 Å². The Morgan fingerprint density at radius 1 is 1.19 bits per heavy atom. The molecule has 7 nitrogen and oxygen atoms in total. The molecule has 3 rings (SSSR count). The number of nitrogens with one attached hydrogen (secondary N) is 1. The molecule has 0 atom stereocenters. The molecule has 1 aliphatic heterocycles. The highest BCUT2D eigenvalue weighted by atomic mass is 16.1. The number of benzene rings is 1. The number of hydrogen-bond donors (Lipinski definition) is 1. The topological polar surface area (TPSA) is 77.2 Å². The molecule has 1 aromatic carbocycles. The predicted octanol–water partition coefficient (Wildman–Crippen LogP) is 3.44. The van der Waals surface area contributed by atoms with Crippen molar-refractivity contribution in [2.24, 2.45) is 0 Å². The third-order valence-corrected chi connectivity index (χ3v) is 6.21. The molecule has 1 N–H and O–H groups in total. The molecule has 0 radical (unpaired) electrons. The normalized spacial score (nSPS) is 14.5. The zero-order valence-electron chi connectivity index (χ0n) is 19.2. The van der Waals surface area contributed by atoms with Gasteiger partial charge in [-0.25, -0.2) is 0 Å². The molecule has 2 heterocycles. The first kappa shape index (κ1) is 22.8. The lowest BCUT2D eigenvalue weighted by Gasteiger charge is -2.36. The number of carbonyl (C=O) groups excluding carboxylic acids is 1. The third-order valence-electron chi connectivity index (χ3n) is 6.21. The lowest BCUT2D eigenvalue weighted by Crippen LogP contribution is -2.46. The maximum absolute atomic E-state index is 12.6. The molecule has 1 amide bonds. The zero-order chi connectivity index (χ0) is 22.4. The first-order valence-electron chi connectivity index (χ1n) is 11.2. The van der Waals surface area contributed by atoms with Gasteiger partial charge in [-0.3, -0.25) is 9.48 Å². The molecule has 0 aliphatic carbocycles. The number of likely N-dealkylation sites (N-methyl/N-ethyl adjacent to an activating group) is 1. The number of anilines is 2. The highest BCUT2D eigenvalue weighted by molar-refractivity contribution is 5.91. The van der Waals surface area contributed by atoms with Crippen LogP contribution >= 0.6 is 0 Å². The summed E-state index contributed by atoms with van der Waals surface area (Å²) in [6, 6.07) is 8.35. The minimum Gasteiger partial charge on any atom is -0.369 e. The third kappa shape index (κ3) is 5.65. The van der Waals surface area contributed by atoms with Crippen LogP contribution in [0, 0.1) is 32.1 Å². The Morgan fingerprint density at radius 3 is 2.58 bits per heavy atom. The van der Waals surface area contributed by atoms with Crippen LogP contribution in [0.3, 0.4) is 0 Å². The molecule has 1 aromatic heterocycles. The van der Waals surface area contributed by atoms with E-state index in [1.807, 2.05) is 24.6 Å². The highest BCUT2D eigenvalue weighted by Gasteiger charge is 2.18. The van der Waals surface area contributed by atoms with Gasteiger partial charge in [-0.05, 0) is 63.1 Å². The lowest BCUT2D eigenvalue weighted by molar-refractivity contribution is -0.116. The standard InChI is InChI=1S/C24H34N6O/c1-5-28-13-15-29(16-14-28)23-9-7-21(17-18(23)2)26-24(31)10-8-22-19(3)27-30(20(22)4)12-6-11-25/h7,9,17H,5-6,8,10,12-16H2,1-4H3,(H,26,31). The number of hydrogen-bond acceptors (Lipinski definition) is 5. The van der Waals surface area contributed by atoms with Crippen molar-refractivity contribution >= 4 is 17.3 Å². The Kier molecular flexibility index (Phi) is 7.69. The maximum Gasteiger partial charge on any atom is 0.224 e. The van der Waals surface area contributed by atoms with Gasteiger partial charge in [-0.1, -0.05) is 6.92 Å². The van der Waals surface area contributed by atoms with Gasteiger partial charge in [0.15, 0.2) is 0 Å². The molecule has 1 aliphatic rings. The number of aryl methyl sites for hydroxylation is 3. The van der Waals surface area contributed by atoms with Gasteiger partial charge >= 0.3 is 0 Å². The van der Waals surface area contributed by atoms with Gasteiger partial charge in [0.1, 0.15) is 0 Å². The van der Waals surface area contributed by atoms with Crippen molar-refractivity contribution in [3.05, 3.63) is 40.7 Å². The van der Waals surface area contributed by atoms with E-state index in [1.54, 1.807) is 0 Å². The smallest absolute Gasteiger partial charge is 0.224 e. The Balaban J connectivity index is 1.56. The van der Waals surface area contributed by atoms with Crippen LogP contribution in [0.2, 0.25) is 0 Å². The van der Waals surface area contributed by atoms with Crippen LogP contribution in [0.4, 0.5) is 11.4 Å². The van der Waals surface area contributed by atoms with Crippen LogP contribution in [0.1, 0.15) is 42.3 Å². The second-order valence-electron chi connectivity index (χ2n) is 8.25. The zero-order valence-corrected chi connectivity index (χ0v) is 19.2. The Bertz CT molecular complexity index is 950. The van der Waals surface area contributed by atoms with Crippen LogP contribution in [-0.4, -0.2) is 53.3 Å². The van der Waals surface area contributed by atoms with E-state index < -0.39 is 0 Å². The molecule has 166 valence electrons. The van der Waals surface area contributed by atoms with E-state index in [-0.39, 0.29) is 5.91 Å². The summed E-state index contributed by atoms with van der Waals surface area (Å²) in [4.78, 5) is 17.5.